The van der Waals surface area contributed by atoms with Gasteiger partial charge in [0.25, 0.3) is 5.91 Å². The van der Waals surface area contributed by atoms with Crippen LogP contribution in [0.2, 0.25) is 0 Å². The number of sulfone groups is 1. The Bertz CT molecular complexity index is 1600. The Morgan fingerprint density at radius 3 is 2.41 bits per heavy atom. The lowest BCUT2D eigenvalue weighted by Crippen LogP contribution is -2.43. The van der Waals surface area contributed by atoms with Gasteiger partial charge in [0.1, 0.15) is 0 Å². The molecular formula is C28H36N4O6S3. The number of hydrogen-bond acceptors (Lipinski definition) is 9. The second kappa shape index (κ2) is 12.4. The first kappa shape index (κ1) is 30.1. The number of anilines is 1. The van der Waals surface area contributed by atoms with Crippen LogP contribution >= 0.6 is 11.3 Å². The maximum Gasteiger partial charge on any atom is 0.260 e. The van der Waals surface area contributed by atoms with Crippen LogP contribution in [0.25, 0.3) is 10.2 Å². The summed E-state index contributed by atoms with van der Waals surface area (Å²) >= 11 is 1.26. The average Bonchev–Trinajstić information content (AvgIpc) is 3.40. The molecular weight excluding hydrogens is 585 g/mol. The van der Waals surface area contributed by atoms with Crippen molar-refractivity contribution in [2.75, 3.05) is 57.1 Å². The molecule has 0 aliphatic carbocycles. The van der Waals surface area contributed by atoms with E-state index in [0.717, 1.165) is 45.0 Å². The molecule has 3 aromatic rings. The third-order valence-electron chi connectivity index (χ3n) is 7.75. The molecule has 2 fully saturated rings. The Hall–Kier alpha value is -2.42. The normalized spacial score (nSPS) is 19.4. The van der Waals surface area contributed by atoms with Crippen LogP contribution in [-0.2, 0) is 24.6 Å². The molecule has 1 unspecified atom stereocenters. The summed E-state index contributed by atoms with van der Waals surface area (Å²) in [7, 11) is -7.06. The van der Waals surface area contributed by atoms with Gasteiger partial charge < -0.3 is 4.74 Å². The Balaban J connectivity index is 1.43. The molecule has 2 aromatic carbocycles. The second-order valence-electron chi connectivity index (χ2n) is 10.5. The number of morpholine rings is 1. The zero-order chi connectivity index (χ0) is 29.2. The molecule has 1 amide bonds. The smallest absolute Gasteiger partial charge is 0.260 e. The first-order valence-corrected chi connectivity index (χ1v) is 18.1. The van der Waals surface area contributed by atoms with Gasteiger partial charge in [0.15, 0.2) is 15.0 Å². The van der Waals surface area contributed by atoms with Crippen molar-refractivity contribution in [3.05, 3.63) is 48.0 Å². The Kier molecular flexibility index (Phi) is 9.12. The largest absolute Gasteiger partial charge is 0.379 e. The number of nitrogens with zero attached hydrogens (tertiary/aromatic N) is 4. The number of benzene rings is 2. The molecule has 1 atom stereocenters. The number of sulfonamides is 1. The fourth-order valence-corrected chi connectivity index (χ4v) is 8.87. The van der Waals surface area contributed by atoms with E-state index >= 15 is 0 Å². The van der Waals surface area contributed by atoms with Gasteiger partial charge in [0.2, 0.25) is 10.0 Å². The van der Waals surface area contributed by atoms with Crippen molar-refractivity contribution >= 4 is 52.5 Å². The number of fused-ring (bicyclic) bond motifs is 1. The molecule has 10 nitrogen and oxygen atoms in total. The van der Waals surface area contributed by atoms with Gasteiger partial charge in [-0.25, -0.2) is 21.8 Å². The maximum absolute atomic E-state index is 13.9. The van der Waals surface area contributed by atoms with Crippen molar-refractivity contribution in [1.82, 2.24) is 14.2 Å². The summed E-state index contributed by atoms with van der Waals surface area (Å²) in [5.74, 6) is -0.297. The summed E-state index contributed by atoms with van der Waals surface area (Å²) in [4.78, 5) is 22.7. The van der Waals surface area contributed by atoms with E-state index in [9.17, 15) is 21.6 Å². The monoisotopic (exact) mass is 620 g/mol. The Labute approximate surface area is 245 Å². The van der Waals surface area contributed by atoms with Gasteiger partial charge in [-0.1, -0.05) is 24.7 Å². The fraction of sp³-hybridized carbons (Fsp3) is 0.500. The second-order valence-corrected chi connectivity index (χ2v) is 15.4. The predicted molar refractivity (Wildman–Crippen MR) is 160 cm³/mol. The molecule has 1 aromatic heterocycles. The summed E-state index contributed by atoms with van der Waals surface area (Å²) in [6, 6.07) is 10.9. The van der Waals surface area contributed by atoms with Crippen molar-refractivity contribution in [2.45, 2.75) is 48.4 Å². The number of amides is 1. The molecule has 2 aliphatic rings. The highest BCUT2D eigenvalue weighted by molar-refractivity contribution is 7.90. The van der Waals surface area contributed by atoms with Crippen molar-refractivity contribution in [1.29, 1.82) is 0 Å². The lowest BCUT2D eigenvalue weighted by Gasteiger charge is -2.34. The SMILES string of the molecule is CCC1CCCCN1S(=O)(=O)c1ccc(C(=O)N(CCN2CCOCC2)c2nc3ccc(S(C)(=O)=O)cc3s2)cc1. The third-order valence-corrected chi connectivity index (χ3v) is 11.9. The Morgan fingerprint density at radius 1 is 1.02 bits per heavy atom. The summed E-state index contributed by atoms with van der Waals surface area (Å²) in [6.45, 7) is 6.29. The van der Waals surface area contributed by atoms with E-state index in [-0.39, 0.29) is 21.7 Å². The molecule has 13 heteroatoms. The number of aromatic nitrogens is 1. The van der Waals surface area contributed by atoms with Gasteiger partial charge in [-0.15, -0.1) is 0 Å². The first-order valence-electron chi connectivity index (χ1n) is 13.9. The molecule has 41 heavy (non-hydrogen) atoms. The molecule has 2 saturated heterocycles. The Morgan fingerprint density at radius 2 is 1.73 bits per heavy atom. The van der Waals surface area contributed by atoms with Crippen LogP contribution < -0.4 is 4.90 Å². The standard InChI is InChI=1S/C28H36N4O6S3/c1-3-22-6-4-5-13-32(22)41(36,37)23-9-7-21(8-10-23)27(33)31(15-14-30-16-18-38-19-17-30)28-29-25-12-11-24(40(2,34)35)20-26(25)39-28/h7-12,20,22H,3-6,13-19H2,1-2H3. The quantitative estimate of drug-likeness (QED) is 0.356. The van der Waals surface area contributed by atoms with E-state index in [2.05, 4.69) is 9.88 Å². The summed E-state index contributed by atoms with van der Waals surface area (Å²) in [6.07, 6.45) is 4.66. The lowest BCUT2D eigenvalue weighted by molar-refractivity contribution is 0.0391. The van der Waals surface area contributed by atoms with E-state index in [4.69, 9.17) is 4.74 Å². The summed E-state index contributed by atoms with van der Waals surface area (Å²) in [5.41, 5.74) is 0.961. The number of hydrogen-bond donors (Lipinski definition) is 0. The first-order chi connectivity index (χ1) is 19.6. The van der Waals surface area contributed by atoms with E-state index in [0.29, 0.717) is 53.8 Å². The van der Waals surface area contributed by atoms with Crippen molar-refractivity contribution in [3.8, 4) is 0 Å². The van der Waals surface area contributed by atoms with Crippen LogP contribution in [0, 0.1) is 0 Å². The molecule has 0 spiro atoms. The minimum Gasteiger partial charge on any atom is -0.379 e. The van der Waals surface area contributed by atoms with Crippen molar-refractivity contribution < 1.29 is 26.4 Å². The third kappa shape index (κ3) is 6.65. The van der Waals surface area contributed by atoms with Crippen molar-refractivity contribution in [3.63, 3.8) is 0 Å². The highest BCUT2D eigenvalue weighted by atomic mass is 32.2. The van der Waals surface area contributed by atoms with Gasteiger partial charge in [-0.05, 0) is 61.7 Å². The van der Waals surface area contributed by atoms with Crippen molar-refractivity contribution in [2.24, 2.45) is 0 Å². The number of piperidine rings is 1. The predicted octanol–water partition coefficient (Wildman–Crippen LogP) is 3.63. The lowest BCUT2D eigenvalue weighted by atomic mass is 10.0. The van der Waals surface area contributed by atoms with Crippen LogP contribution in [0.15, 0.2) is 52.3 Å². The van der Waals surface area contributed by atoms with Crippen LogP contribution in [0.1, 0.15) is 43.0 Å². The maximum atomic E-state index is 13.9. The van der Waals surface area contributed by atoms with Crippen LogP contribution in [0.5, 0.6) is 0 Å². The summed E-state index contributed by atoms with van der Waals surface area (Å²) in [5, 5.41) is 0.458. The number of rotatable bonds is 9. The minimum atomic E-state index is -3.67. The van der Waals surface area contributed by atoms with E-state index in [1.807, 2.05) is 6.92 Å². The van der Waals surface area contributed by atoms with Gasteiger partial charge in [0.05, 0.1) is 33.2 Å². The number of carbonyl (C=O) groups excluding carboxylic acids is 1. The highest BCUT2D eigenvalue weighted by Gasteiger charge is 2.33. The summed E-state index contributed by atoms with van der Waals surface area (Å²) < 4.78 is 58.7. The zero-order valence-corrected chi connectivity index (χ0v) is 25.8. The molecule has 222 valence electrons. The fourth-order valence-electron chi connectivity index (χ4n) is 5.35. The molecule has 0 radical (unpaired) electrons. The van der Waals surface area contributed by atoms with E-state index < -0.39 is 19.9 Å². The molecule has 3 heterocycles. The molecule has 0 bridgehead atoms. The van der Waals surface area contributed by atoms with Gasteiger partial charge in [-0.3, -0.25) is 14.6 Å². The molecule has 5 rings (SSSR count). The van der Waals surface area contributed by atoms with Crippen LogP contribution in [0.4, 0.5) is 5.13 Å². The van der Waals surface area contributed by atoms with Crippen LogP contribution in [-0.4, -0.2) is 95.2 Å². The van der Waals surface area contributed by atoms with Gasteiger partial charge in [-0.2, -0.15) is 4.31 Å². The van der Waals surface area contributed by atoms with Gasteiger partial charge >= 0.3 is 0 Å². The van der Waals surface area contributed by atoms with E-state index in [1.54, 1.807) is 33.5 Å². The van der Waals surface area contributed by atoms with Gasteiger partial charge in [0, 0.05) is 50.6 Å². The number of ether oxygens (including phenoxy) is 1. The highest BCUT2D eigenvalue weighted by Crippen LogP contribution is 2.32. The topological polar surface area (TPSA) is 117 Å². The number of thiazole rings is 1. The number of carbonyl (C=O) groups is 1. The van der Waals surface area contributed by atoms with Crippen LogP contribution in [0.3, 0.4) is 0 Å². The molecule has 2 aliphatic heterocycles. The molecule has 0 N–H and O–H groups in total. The average molecular weight is 621 g/mol. The zero-order valence-electron chi connectivity index (χ0n) is 23.4. The minimum absolute atomic E-state index is 0.00650. The van der Waals surface area contributed by atoms with E-state index in [1.165, 1.54) is 29.5 Å². The molecule has 0 saturated carbocycles.